The van der Waals surface area contributed by atoms with Gasteiger partial charge in [-0.15, -0.1) is 0 Å². The zero-order chi connectivity index (χ0) is 14.5. The zero-order valence-electron chi connectivity index (χ0n) is 12.8. The van der Waals surface area contributed by atoms with Crippen molar-refractivity contribution in [2.24, 2.45) is 7.05 Å². The lowest BCUT2D eigenvalue weighted by Gasteiger charge is -2.12. The van der Waals surface area contributed by atoms with Gasteiger partial charge in [-0.05, 0) is 31.9 Å². The van der Waals surface area contributed by atoms with Gasteiger partial charge in [0.05, 0.1) is 18.1 Å². The number of hydrogen-bond donors (Lipinski definition) is 2. The number of aromatic amines is 1. The third kappa shape index (κ3) is 3.39. The summed E-state index contributed by atoms with van der Waals surface area (Å²) >= 11 is 0. The number of anilines is 1. The Labute approximate surface area is 120 Å². The van der Waals surface area contributed by atoms with E-state index in [9.17, 15) is 0 Å². The molecule has 2 rings (SSSR count). The molecule has 0 fully saturated rings. The summed E-state index contributed by atoms with van der Waals surface area (Å²) in [5.41, 5.74) is 3.68. The molecule has 0 aliphatic heterocycles. The monoisotopic (exact) mass is 276 g/mol. The van der Waals surface area contributed by atoms with Gasteiger partial charge in [0.2, 0.25) is 5.95 Å². The molecule has 0 aliphatic carbocycles. The van der Waals surface area contributed by atoms with Crippen LogP contribution in [0.4, 0.5) is 5.95 Å². The molecule has 110 valence electrons. The molecule has 2 aromatic heterocycles. The minimum Gasteiger partial charge on any atom is -0.348 e. The predicted molar refractivity (Wildman–Crippen MR) is 80.9 cm³/mol. The van der Waals surface area contributed by atoms with Crippen molar-refractivity contribution < 1.29 is 0 Å². The van der Waals surface area contributed by atoms with E-state index in [4.69, 9.17) is 0 Å². The summed E-state index contributed by atoms with van der Waals surface area (Å²) in [7, 11) is 6.06. The van der Waals surface area contributed by atoms with Crippen molar-refractivity contribution in [3.63, 3.8) is 0 Å². The highest BCUT2D eigenvalue weighted by molar-refractivity contribution is 5.30. The number of hydrogen-bond acceptors (Lipinski definition) is 4. The van der Waals surface area contributed by atoms with Crippen molar-refractivity contribution >= 4 is 5.95 Å². The number of imidazole rings is 1. The lowest BCUT2D eigenvalue weighted by molar-refractivity contribution is 0.624. The van der Waals surface area contributed by atoms with Gasteiger partial charge in [0.25, 0.3) is 0 Å². The fraction of sp³-hybridized carbons (Fsp3) is 0.571. The molecule has 2 heterocycles. The molecule has 0 saturated heterocycles. The van der Waals surface area contributed by atoms with Crippen molar-refractivity contribution in [1.82, 2.24) is 25.1 Å². The van der Waals surface area contributed by atoms with Gasteiger partial charge in [-0.3, -0.25) is 5.10 Å². The molecule has 0 bridgehead atoms. The first-order valence-corrected chi connectivity index (χ1v) is 6.97. The Hall–Kier alpha value is -1.82. The van der Waals surface area contributed by atoms with Crippen LogP contribution in [-0.2, 0) is 20.0 Å². The van der Waals surface area contributed by atoms with E-state index in [2.05, 4.69) is 32.0 Å². The molecule has 0 spiro atoms. The van der Waals surface area contributed by atoms with Crippen molar-refractivity contribution in [1.29, 1.82) is 0 Å². The molecule has 2 N–H and O–H groups in total. The van der Waals surface area contributed by atoms with Crippen LogP contribution in [0.1, 0.15) is 23.4 Å². The maximum atomic E-state index is 4.40. The van der Waals surface area contributed by atoms with Crippen LogP contribution in [0.5, 0.6) is 0 Å². The van der Waals surface area contributed by atoms with Crippen molar-refractivity contribution in [3.8, 4) is 0 Å². The molecule has 20 heavy (non-hydrogen) atoms. The van der Waals surface area contributed by atoms with Crippen LogP contribution in [0.2, 0.25) is 0 Å². The van der Waals surface area contributed by atoms with E-state index >= 15 is 0 Å². The lowest BCUT2D eigenvalue weighted by atomic mass is 10.1. The average Bonchev–Trinajstić information content (AvgIpc) is 2.96. The first kappa shape index (κ1) is 14.6. The summed E-state index contributed by atoms with van der Waals surface area (Å²) in [5, 5.41) is 10.5. The summed E-state index contributed by atoms with van der Waals surface area (Å²) < 4.78 is 2.12. The first-order valence-electron chi connectivity index (χ1n) is 6.97. The summed E-state index contributed by atoms with van der Waals surface area (Å²) in [4.78, 5) is 6.42. The number of nitrogens with zero attached hydrogens (tertiary/aromatic N) is 4. The average molecular weight is 276 g/mol. The largest absolute Gasteiger partial charge is 0.348 e. The third-order valence-corrected chi connectivity index (χ3v) is 3.50. The highest BCUT2D eigenvalue weighted by Gasteiger charge is 2.07. The second-order valence-corrected chi connectivity index (χ2v) is 5.30. The Bertz CT molecular complexity index is 540. The van der Waals surface area contributed by atoms with E-state index in [1.807, 2.05) is 38.4 Å². The summed E-state index contributed by atoms with van der Waals surface area (Å²) in [6.07, 6.45) is 6.02. The van der Waals surface area contributed by atoms with Gasteiger partial charge in [-0.1, -0.05) is 0 Å². The SMILES string of the molecule is Cc1[nH]ncc1CCCNCc1cnc(N(C)C)n1C. The van der Waals surface area contributed by atoms with Gasteiger partial charge < -0.3 is 14.8 Å². The van der Waals surface area contributed by atoms with Crippen LogP contribution < -0.4 is 10.2 Å². The lowest BCUT2D eigenvalue weighted by Crippen LogP contribution is -2.19. The van der Waals surface area contributed by atoms with Gasteiger partial charge in [-0.25, -0.2) is 4.98 Å². The van der Waals surface area contributed by atoms with E-state index < -0.39 is 0 Å². The second-order valence-electron chi connectivity index (χ2n) is 5.30. The number of aromatic nitrogens is 4. The molecule has 6 heteroatoms. The molecule has 0 amide bonds. The number of aryl methyl sites for hydroxylation is 2. The molecule has 0 aliphatic rings. The van der Waals surface area contributed by atoms with Gasteiger partial charge in [-0.2, -0.15) is 5.10 Å². The van der Waals surface area contributed by atoms with Crippen molar-refractivity contribution in [2.75, 3.05) is 25.5 Å². The molecule has 0 atom stereocenters. The molecule has 2 aromatic rings. The maximum absolute atomic E-state index is 4.40. The van der Waals surface area contributed by atoms with Crippen LogP contribution in [0.3, 0.4) is 0 Å². The summed E-state index contributed by atoms with van der Waals surface area (Å²) in [6.45, 7) is 3.91. The minimum absolute atomic E-state index is 0.849. The smallest absolute Gasteiger partial charge is 0.204 e. The molecule has 0 saturated carbocycles. The highest BCUT2D eigenvalue weighted by Crippen LogP contribution is 2.10. The Morgan fingerprint density at radius 2 is 2.15 bits per heavy atom. The van der Waals surface area contributed by atoms with E-state index in [1.165, 1.54) is 17.0 Å². The molecule has 0 unspecified atom stereocenters. The van der Waals surface area contributed by atoms with Gasteiger partial charge in [0, 0.05) is 33.4 Å². The molecule has 6 nitrogen and oxygen atoms in total. The molecule has 0 aromatic carbocycles. The highest BCUT2D eigenvalue weighted by atomic mass is 15.3. The Kier molecular flexibility index (Phi) is 4.79. The standard InChI is InChI=1S/C14H24N6/c1-11-12(8-17-18-11)6-5-7-15-9-13-10-16-14(19(2)3)20(13)4/h8,10,15H,5-7,9H2,1-4H3,(H,17,18). The predicted octanol–water partition coefficient (Wildman–Crippen LogP) is 1.24. The van der Waals surface area contributed by atoms with E-state index in [0.717, 1.165) is 31.9 Å². The Morgan fingerprint density at radius 3 is 2.75 bits per heavy atom. The summed E-state index contributed by atoms with van der Waals surface area (Å²) in [5.74, 6) is 0.982. The Balaban J connectivity index is 1.72. The number of rotatable bonds is 7. The topological polar surface area (TPSA) is 61.8 Å². The zero-order valence-corrected chi connectivity index (χ0v) is 12.8. The third-order valence-electron chi connectivity index (χ3n) is 3.50. The number of H-pyrrole nitrogens is 1. The maximum Gasteiger partial charge on any atom is 0.204 e. The van der Waals surface area contributed by atoms with Crippen LogP contribution in [0, 0.1) is 6.92 Å². The first-order chi connectivity index (χ1) is 9.59. The fourth-order valence-electron chi connectivity index (χ4n) is 2.26. The van der Waals surface area contributed by atoms with Crippen LogP contribution >= 0.6 is 0 Å². The minimum atomic E-state index is 0.849. The van der Waals surface area contributed by atoms with Gasteiger partial charge in [0.1, 0.15) is 0 Å². The van der Waals surface area contributed by atoms with Crippen molar-refractivity contribution in [2.45, 2.75) is 26.3 Å². The van der Waals surface area contributed by atoms with Crippen LogP contribution in [-0.4, -0.2) is 40.4 Å². The molecular weight excluding hydrogens is 252 g/mol. The van der Waals surface area contributed by atoms with Gasteiger partial charge >= 0.3 is 0 Å². The van der Waals surface area contributed by atoms with E-state index in [0.29, 0.717) is 0 Å². The van der Waals surface area contributed by atoms with Crippen LogP contribution in [0.15, 0.2) is 12.4 Å². The Morgan fingerprint density at radius 1 is 1.35 bits per heavy atom. The van der Waals surface area contributed by atoms with Crippen LogP contribution in [0.25, 0.3) is 0 Å². The second kappa shape index (κ2) is 6.56. The molecular formula is C14H24N6. The van der Waals surface area contributed by atoms with E-state index in [1.54, 1.807) is 0 Å². The summed E-state index contributed by atoms with van der Waals surface area (Å²) in [6, 6.07) is 0. The normalized spacial score (nSPS) is 11.0. The fourth-order valence-corrected chi connectivity index (χ4v) is 2.26. The quantitative estimate of drug-likeness (QED) is 0.747. The number of nitrogens with one attached hydrogen (secondary N) is 2. The molecule has 0 radical (unpaired) electrons. The van der Waals surface area contributed by atoms with E-state index in [-0.39, 0.29) is 0 Å². The van der Waals surface area contributed by atoms with Gasteiger partial charge in [0.15, 0.2) is 0 Å². The van der Waals surface area contributed by atoms with Crippen molar-refractivity contribution in [3.05, 3.63) is 29.3 Å².